The molecule has 1 saturated carbocycles. The number of carbonyl (C=O) groups is 3. The van der Waals surface area contributed by atoms with Crippen molar-refractivity contribution in [3.05, 3.63) is 33.8 Å². The maximum absolute atomic E-state index is 13.2. The number of likely N-dealkylation sites (tertiary alicyclic amines) is 2. The minimum atomic E-state index is -0.182. The van der Waals surface area contributed by atoms with E-state index in [1.54, 1.807) is 23.1 Å². The van der Waals surface area contributed by atoms with Crippen molar-refractivity contribution in [1.29, 1.82) is 0 Å². The molecule has 3 aliphatic rings. The van der Waals surface area contributed by atoms with Crippen LogP contribution in [-0.4, -0.2) is 59.7 Å². The third kappa shape index (κ3) is 6.02. The van der Waals surface area contributed by atoms with Crippen molar-refractivity contribution in [3.8, 4) is 0 Å². The zero-order chi connectivity index (χ0) is 23.4. The SMILES string of the molecule is O=C(NC1CCN(C(=O)C2CCCN(C(=O)c3ccc(Cl)c(Cl)c3)C2)CC1)C1CCCCC1. The van der Waals surface area contributed by atoms with Gasteiger partial charge < -0.3 is 15.1 Å². The Morgan fingerprint density at radius 3 is 2.18 bits per heavy atom. The van der Waals surface area contributed by atoms with E-state index in [-0.39, 0.29) is 35.6 Å². The van der Waals surface area contributed by atoms with Crippen molar-refractivity contribution < 1.29 is 14.4 Å². The van der Waals surface area contributed by atoms with Crippen LogP contribution in [0.5, 0.6) is 0 Å². The lowest BCUT2D eigenvalue weighted by Gasteiger charge is -2.38. The highest BCUT2D eigenvalue weighted by Crippen LogP contribution is 2.27. The van der Waals surface area contributed by atoms with Gasteiger partial charge in [0.05, 0.1) is 16.0 Å². The third-order valence-corrected chi connectivity index (χ3v) is 8.09. The zero-order valence-corrected chi connectivity index (χ0v) is 20.5. The molecule has 1 atom stereocenters. The molecule has 1 unspecified atom stereocenters. The highest BCUT2D eigenvalue weighted by atomic mass is 35.5. The topological polar surface area (TPSA) is 69.7 Å². The molecule has 0 spiro atoms. The number of benzene rings is 1. The van der Waals surface area contributed by atoms with Gasteiger partial charge in [-0.05, 0) is 56.7 Å². The van der Waals surface area contributed by atoms with Gasteiger partial charge in [-0.25, -0.2) is 0 Å². The smallest absolute Gasteiger partial charge is 0.253 e. The summed E-state index contributed by atoms with van der Waals surface area (Å²) in [5.74, 6) is 0.190. The van der Waals surface area contributed by atoms with Gasteiger partial charge in [0.2, 0.25) is 11.8 Å². The van der Waals surface area contributed by atoms with Crippen LogP contribution in [-0.2, 0) is 9.59 Å². The van der Waals surface area contributed by atoms with Crippen LogP contribution in [0.25, 0.3) is 0 Å². The molecule has 3 fully saturated rings. The van der Waals surface area contributed by atoms with Gasteiger partial charge in [0, 0.05) is 43.7 Å². The standard InChI is InChI=1S/C25H33Cl2N3O3/c26-21-9-8-18(15-22(21)27)24(32)30-12-4-7-19(16-30)25(33)29-13-10-20(11-14-29)28-23(31)17-5-2-1-3-6-17/h8-9,15,17,19-20H,1-7,10-14,16H2,(H,28,31). The fraction of sp³-hybridized carbons (Fsp3) is 0.640. The predicted octanol–water partition coefficient (Wildman–Crippen LogP) is 4.53. The largest absolute Gasteiger partial charge is 0.353 e. The molecule has 1 aromatic carbocycles. The highest BCUT2D eigenvalue weighted by Gasteiger charge is 2.34. The number of halogens is 2. The second-order valence-electron chi connectivity index (χ2n) is 9.66. The van der Waals surface area contributed by atoms with Gasteiger partial charge in [0.1, 0.15) is 0 Å². The molecule has 8 heteroatoms. The lowest BCUT2D eigenvalue weighted by Crippen LogP contribution is -2.51. The van der Waals surface area contributed by atoms with Gasteiger partial charge in [-0.15, -0.1) is 0 Å². The van der Waals surface area contributed by atoms with Crippen LogP contribution in [0.15, 0.2) is 18.2 Å². The summed E-state index contributed by atoms with van der Waals surface area (Å²) in [7, 11) is 0. The van der Waals surface area contributed by atoms with E-state index in [2.05, 4.69) is 5.32 Å². The molecule has 2 heterocycles. The molecule has 1 aromatic rings. The molecular formula is C25H33Cl2N3O3. The molecule has 1 aliphatic carbocycles. The molecule has 180 valence electrons. The maximum atomic E-state index is 13.2. The number of nitrogens with zero attached hydrogens (tertiary/aromatic N) is 2. The van der Waals surface area contributed by atoms with Crippen molar-refractivity contribution in [2.24, 2.45) is 11.8 Å². The molecular weight excluding hydrogens is 461 g/mol. The minimum Gasteiger partial charge on any atom is -0.353 e. The Bertz CT molecular complexity index is 880. The number of amides is 3. The average Bonchev–Trinajstić information content (AvgIpc) is 2.86. The first-order chi connectivity index (χ1) is 15.9. The van der Waals surface area contributed by atoms with Gasteiger partial charge in [-0.2, -0.15) is 0 Å². The Hall–Kier alpha value is -1.79. The third-order valence-electron chi connectivity index (χ3n) is 7.35. The Morgan fingerprint density at radius 1 is 0.788 bits per heavy atom. The highest BCUT2D eigenvalue weighted by molar-refractivity contribution is 6.42. The van der Waals surface area contributed by atoms with Crippen LogP contribution in [0.3, 0.4) is 0 Å². The van der Waals surface area contributed by atoms with Crippen LogP contribution in [0.2, 0.25) is 10.0 Å². The van der Waals surface area contributed by atoms with Gasteiger partial charge in [0.25, 0.3) is 5.91 Å². The summed E-state index contributed by atoms with van der Waals surface area (Å²) in [6, 6.07) is 5.04. The fourth-order valence-corrected chi connectivity index (χ4v) is 5.66. The quantitative estimate of drug-likeness (QED) is 0.669. The molecule has 33 heavy (non-hydrogen) atoms. The van der Waals surface area contributed by atoms with E-state index in [9.17, 15) is 14.4 Å². The summed E-state index contributed by atoms with van der Waals surface area (Å²) >= 11 is 12.0. The molecule has 2 saturated heterocycles. The fourth-order valence-electron chi connectivity index (χ4n) is 5.36. The van der Waals surface area contributed by atoms with E-state index < -0.39 is 0 Å². The van der Waals surface area contributed by atoms with Gasteiger partial charge in [-0.1, -0.05) is 42.5 Å². The van der Waals surface area contributed by atoms with Crippen LogP contribution < -0.4 is 5.32 Å². The number of hydrogen-bond acceptors (Lipinski definition) is 3. The number of rotatable bonds is 4. The van der Waals surface area contributed by atoms with E-state index in [1.807, 2.05) is 4.90 Å². The molecule has 0 bridgehead atoms. The van der Waals surface area contributed by atoms with Gasteiger partial charge >= 0.3 is 0 Å². The monoisotopic (exact) mass is 493 g/mol. The number of piperidine rings is 2. The van der Waals surface area contributed by atoms with E-state index >= 15 is 0 Å². The number of nitrogens with one attached hydrogen (secondary N) is 1. The van der Waals surface area contributed by atoms with Crippen molar-refractivity contribution in [3.63, 3.8) is 0 Å². The lowest BCUT2D eigenvalue weighted by molar-refractivity contribution is -0.138. The average molecular weight is 494 g/mol. The Labute approximate surface area is 206 Å². The summed E-state index contributed by atoms with van der Waals surface area (Å²) in [5.41, 5.74) is 0.493. The van der Waals surface area contributed by atoms with E-state index in [4.69, 9.17) is 23.2 Å². The van der Waals surface area contributed by atoms with Crippen molar-refractivity contribution in [2.45, 2.75) is 63.8 Å². The van der Waals surface area contributed by atoms with Crippen LogP contribution in [0, 0.1) is 11.8 Å². The number of hydrogen-bond donors (Lipinski definition) is 1. The molecule has 0 radical (unpaired) electrons. The van der Waals surface area contributed by atoms with E-state index in [0.29, 0.717) is 41.8 Å². The zero-order valence-electron chi connectivity index (χ0n) is 19.0. The predicted molar refractivity (Wildman–Crippen MR) is 129 cm³/mol. The summed E-state index contributed by atoms with van der Waals surface area (Å²) in [5, 5.41) is 3.99. The number of carbonyl (C=O) groups excluding carboxylic acids is 3. The molecule has 6 nitrogen and oxygen atoms in total. The Kier molecular flexibility index (Phi) is 8.18. The van der Waals surface area contributed by atoms with Crippen molar-refractivity contribution in [1.82, 2.24) is 15.1 Å². The molecule has 1 N–H and O–H groups in total. The van der Waals surface area contributed by atoms with Gasteiger partial charge in [-0.3, -0.25) is 14.4 Å². The Morgan fingerprint density at radius 2 is 1.48 bits per heavy atom. The second-order valence-corrected chi connectivity index (χ2v) is 10.5. The molecule has 4 rings (SSSR count). The van der Waals surface area contributed by atoms with Gasteiger partial charge in [0.15, 0.2) is 0 Å². The first kappa shape index (κ1) is 24.3. The summed E-state index contributed by atoms with van der Waals surface area (Å²) in [6.07, 6.45) is 8.73. The van der Waals surface area contributed by atoms with Crippen LogP contribution >= 0.6 is 23.2 Å². The summed E-state index contributed by atoms with van der Waals surface area (Å²) in [4.78, 5) is 42.3. The molecule has 0 aromatic heterocycles. The maximum Gasteiger partial charge on any atom is 0.253 e. The first-order valence-corrected chi connectivity index (χ1v) is 13.0. The second kappa shape index (κ2) is 11.1. The Balaban J connectivity index is 1.27. The lowest BCUT2D eigenvalue weighted by atomic mass is 9.88. The molecule has 3 amide bonds. The minimum absolute atomic E-state index is 0.116. The first-order valence-electron chi connectivity index (χ1n) is 12.3. The summed E-state index contributed by atoms with van der Waals surface area (Å²) < 4.78 is 0. The molecule has 2 aliphatic heterocycles. The van der Waals surface area contributed by atoms with Crippen LogP contribution in [0.4, 0.5) is 0 Å². The normalized spacial score (nSPS) is 22.8. The van der Waals surface area contributed by atoms with Crippen molar-refractivity contribution >= 4 is 40.9 Å². The van der Waals surface area contributed by atoms with E-state index in [1.165, 1.54) is 6.42 Å². The summed E-state index contributed by atoms with van der Waals surface area (Å²) in [6.45, 7) is 2.38. The van der Waals surface area contributed by atoms with Crippen molar-refractivity contribution in [2.75, 3.05) is 26.2 Å². The van der Waals surface area contributed by atoms with Crippen LogP contribution in [0.1, 0.15) is 68.1 Å². The van der Waals surface area contributed by atoms with E-state index in [0.717, 1.165) is 51.4 Å².